The summed E-state index contributed by atoms with van der Waals surface area (Å²) in [6.07, 6.45) is 14.4. The van der Waals surface area contributed by atoms with Crippen LogP contribution in [-0.4, -0.2) is 6.29 Å². The Morgan fingerprint density at radius 2 is 1.92 bits per heavy atom. The van der Waals surface area contributed by atoms with Crippen LogP contribution in [0.3, 0.4) is 0 Å². The minimum absolute atomic E-state index is 0.810. The number of hydrogen-bond acceptors (Lipinski definition) is 1. The molecule has 0 aromatic carbocycles. The lowest BCUT2D eigenvalue weighted by Gasteiger charge is -1.90. The molecule has 0 unspecified atom stereocenters. The minimum atomic E-state index is 0.810. The van der Waals surface area contributed by atoms with E-state index in [4.69, 9.17) is 0 Å². The summed E-state index contributed by atoms with van der Waals surface area (Å²) < 4.78 is 0. The summed E-state index contributed by atoms with van der Waals surface area (Å²) in [5.74, 6) is 0. The topological polar surface area (TPSA) is 17.1 Å². The van der Waals surface area contributed by atoms with E-state index < -0.39 is 0 Å². The number of aldehydes is 1. The van der Waals surface area contributed by atoms with E-state index in [0.717, 1.165) is 12.7 Å². The summed E-state index contributed by atoms with van der Waals surface area (Å²) in [5.41, 5.74) is 0. The first kappa shape index (κ1) is 11.2. The van der Waals surface area contributed by atoms with Crippen LogP contribution in [0.15, 0.2) is 24.3 Å². The highest BCUT2D eigenvalue weighted by atomic mass is 16.1. The number of carbonyl (C=O) groups excluding carboxylic acids is 1. The third kappa shape index (κ3) is 9.15. The van der Waals surface area contributed by atoms with E-state index in [2.05, 4.69) is 19.1 Å². The molecule has 0 heterocycles. The van der Waals surface area contributed by atoms with E-state index in [9.17, 15) is 4.79 Å². The Balaban J connectivity index is 3.14. The third-order valence-corrected chi connectivity index (χ3v) is 1.63. The largest absolute Gasteiger partial charge is 0.299 e. The van der Waals surface area contributed by atoms with Crippen LogP contribution in [0.2, 0.25) is 0 Å². The van der Waals surface area contributed by atoms with Gasteiger partial charge in [-0.15, -0.1) is 0 Å². The number of allylic oxidation sites excluding steroid dienone is 4. The molecule has 0 N–H and O–H groups in total. The fourth-order valence-corrected chi connectivity index (χ4v) is 0.939. The molecule has 0 saturated carbocycles. The van der Waals surface area contributed by atoms with Crippen molar-refractivity contribution in [2.24, 2.45) is 0 Å². The Morgan fingerprint density at radius 3 is 2.58 bits per heavy atom. The van der Waals surface area contributed by atoms with Crippen molar-refractivity contribution in [2.75, 3.05) is 0 Å². The lowest BCUT2D eigenvalue weighted by atomic mass is 10.2. The number of hydrogen-bond donors (Lipinski definition) is 0. The first-order valence-electron chi connectivity index (χ1n) is 4.67. The first-order valence-corrected chi connectivity index (χ1v) is 4.67. The quantitative estimate of drug-likeness (QED) is 0.245. The second kappa shape index (κ2) is 10.2. The van der Waals surface area contributed by atoms with Crippen LogP contribution in [0, 0.1) is 0 Å². The molecule has 12 heavy (non-hydrogen) atoms. The van der Waals surface area contributed by atoms with Gasteiger partial charge >= 0.3 is 0 Å². The Kier molecular flexibility index (Phi) is 9.43. The molecule has 1 heteroatoms. The molecule has 0 aliphatic rings. The van der Waals surface area contributed by atoms with E-state index in [1.54, 1.807) is 0 Å². The van der Waals surface area contributed by atoms with Crippen LogP contribution >= 0.6 is 0 Å². The van der Waals surface area contributed by atoms with Gasteiger partial charge in [0, 0.05) is 0 Å². The SMILES string of the molecule is CCCCC/C=C/C/C=C/C=O. The molecule has 0 aromatic rings. The average molecular weight is 166 g/mol. The summed E-state index contributed by atoms with van der Waals surface area (Å²) in [5, 5.41) is 0. The number of carbonyl (C=O) groups is 1. The smallest absolute Gasteiger partial charge is 0.142 e. The molecule has 0 saturated heterocycles. The van der Waals surface area contributed by atoms with Crippen LogP contribution in [0.4, 0.5) is 0 Å². The highest BCUT2D eigenvalue weighted by Crippen LogP contribution is 2.00. The molecule has 0 fully saturated rings. The van der Waals surface area contributed by atoms with Crippen LogP contribution < -0.4 is 0 Å². The van der Waals surface area contributed by atoms with Gasteiger partial charge in [0.25, 0.3) is 0 Å². The fourth-order valence-electron chi connectivity index (χ4n) is 0.939. The maximum absolute atomic E-state index is 9.87. The maximum atomic E-state index is 9.87. The van der Waals surface area contributed by atoms with Crippen LogP contribution in [-0.2, 0) is 4.79 Å². The molecule has 0 bridgehead atoms. The first-order chi connectivity index (χ1) is 5.91. The fraction of sp³-hybridized carbons (Fsp3) is 0.545. The van der Waals surface area contributed by atoms with Gasteiger partial charge in [-0.05, 0) is 25.3 Å². The van der Waals surface area contributed by atoms with Gasteiger partial charge in [-0.2, -0.15) is 0 Å². The second-order valence-electron chi connectivity index (χ2n) is 2.77. The molecule has 68 valence electrons. The van der Waals surface area contributed by atoms with Gasteiger partial charge < -0.3 is 0 Å². The van der Waals surface area contributed by atoms with Gasteiger partial charge in [0.1, 0.15) is 6.29 Å². The van der Waals surface area contributed by atoms with Gasteiger partial charge in [0.2, 0.25) is 0 Å². The predicted molar refractivity (Wildman–Crippen MR) is 53.1 cm³/mol. The highest BCUT2D eigenvalue weighted by molar-refractivity contribution is 5.64. The van der Waals surface area contributed by atoms with E-state index >= 15 is 0 Å². The van der Waals surface area contributed by atoms with Gasteiger partial charge in [-0.3, -0.25) is 4.79 Å². The molecule has 0 aliphatic heterocycles. The van der Waals surface area contributed by atoms with Crippen molar-refractivity contribution in [1.29, 1.82) is 0 Å². The Labute approximate surface area is 75.2 Å². The van der Waals surface area contributed by atoms with E-state index in [0.29, 0.717) is 0 Å². The van der Waals surface area contributed by atoms with Crippen molar-refractivity contribution in [3.8, 4) is 0 Å². The number of rotatable bonds is 7. The molecular formula is C11H18O. The lowest BCUT2D eigenvalue weighted by molar-refractivity contribution is -0.104. The van der Waals surface area contributed by atoms with Gasteiger partial charge in [-0.1, -0.05) is 38.0 Å². The summed E-state index contributed by atoms with van der Waals surface area (Å²) >= 11 is 0. The zero-order chi connectivity index (χ0) is 9.07. The molecule has 1 nitrogen and oxygen atoms in total. The third-order valence-electron chi connectivity index (χ3n) is 1.63. The molecule has 0 aromatic heterocycles. The maximum Gasteiger partial charge on any atom is 0.142 e. The molecule has 0 rings (SSSR count). The van der Waals surface area contributed by atoms with Crippen molar-refractivity contribution in [3.63, 3.8) is 0 Å². The molecule has 0 radical (unpaired) electrons. The Hall–Kier alpha value is -0.850. The van der Waals surface area contributed by atoms with Gasteiger partial charge in [-0.25, -0.2) is 0 Å². The summed E-state index contributed by atoms with van der Waals surface area (Å²) in [7, 11) is 0. The van der Waals surface area contributed by atoms with Gasteiger partial charge in [0.05, 0.1) is 0 Å². The zero-order valence-electron chi connectivity index (χ0n) is 7.83. The monoisotopic (exact) mass is 166 g/mol. The molecule has 0 spiro atoms. The molecule has 0 aliphatic carbocycles. The summed E-state index contributed by atoms with van der Waals surface area (Å²) in [6, 6.07) is 0. The van der Waals surface area contributed by atoms with Crippen molar-refractivity contribution < 1.29 is 4.79 Å². The molecular weight excluding hydrogens is 148 g/mol. The Bertz CT molecular complexity index is 145. The normalized spacial score (nSPS) is 11.4. The van der Waals surface area contributed by atoms with Gasteiger partial charge in [0.15, 0.2) is 0 Å². The standard InChI is InChI=1S/C11H18O/c1-2-3-4-5-6-7-8-9-10-11-12/h6-7,9-11H,2-5,8H2,1H3/b7-6+,10-9+. The van der Waals surface area contributed by atoms with E-state index in [1.807, 2.05) is 6.08 Å². The lowest BCUT2D eigenvalue weighted by Crippen LogP contribution is -1.70. The molecule has 0 amide bonds. The van der Waals surface area contributed by atoms with Crippen LogP contribution in [0.5, 0.6) is 0 Å². The average Bonchev–Trinajstić information content (AvgIpc) is 2.10. The van der Waals surface area contributed by atoms with Crippen molar-refractivity contribution in [3.05, 3.63) is 24.3 Å². The summed E-state index contributed by atoms with van der Waals surface area (Å²) in [6.45, 7) is 2.20. The van der Waals surface area contributed by atoms with E-state index in [1.165, 1.54) is 31.8 Å². The highest BCUT2D eigenvalue weighted by Gasteiger charge is 1.80. The zero-order valence-corrected chi connectivity index (χ0v) is 7.83. The van der Waals surface area contributed by atoms with Crippen LogP contribution in [0.1, 0.15) is 39.0 Å². The Morgan fingerprint density at radius 1 is 1.08 bits per heavy atom. The minimum Gasteiger partial charge on any atom is -0.299 e. The predicted octanol–water partition coefficient (Wildman–Crippen LogP) is 3.27. The number of unbranched alkanes of at least 4 members (excludes halogenated alkanes) is 3. The van der Waals surface area contributed by atoms with Crippen molar-refractivity contribution in [1.82, 2.24) is 0 Å². The summed E-state index contributed by atoms with van der Waals surface area (Å²) in [4.78, 5) is 9.87. The second-order valence-corrected chi connectivity index (χ2v) is 2.77. The van der Waals surface area contributed by atoms with Crippen LogP contribution in [0.25, 0.3) is 0 Å². The van der Waals surface area contributed by atoms with Crippen molar-refractivity contribution >= 4 is 6.29 Å². The van der Waals surface area contributed by atoms with Crippen molar-refractivity contribution in [2.45, 2.75) is 39.0 Å². The molecule has 0 atom stereocenters. The van der Waals surface area contributed by atoms with E-state index in [-0.39, 0.29) is 0 Å².